The van der Waals surface area contributed by atoms with Gasteiger partial charge in [0.05, 0.1) is 0 Å². The Bertz CT molecular complexity index is 73.7. The topological polar surface area (TPSA) is 115 Å². The molecule has 0 radical (unpaired) electrons. The first-order chi connectivity index (χ1) is 3.46. The van der Waals surface area contributed by atoms with Crippen molar-refractivity contribution < 1.29 is 28.1 Å². The van der Waals surface area contributed by atoms with E-state index in [4.69, 9.17) is 28.1 Å². The molecule has 10 heavy (non-hydrogen) atoms. The summed E-state index contributed by atoms with van der Waals surface area (Å²) in [5.74, 6) is 0. The fourth-order valence-corrected chi connectivity index (χ4v) is 0. The molecular formula is H7MgNaO6Si2. The zero-order valence-corrected chi connectivity index (χ0v) is 5.61. The van der Waals surface area contributed by atoms with Crippen molar-refractivity contribution in [1.29, 1.82) is 0 Å². The standard InChI is InChI=1S/Mg.Na.2H2O3Si.3H/c;;2*1-4(2)3;;;/h;;2*1-2H;;;. The Hall–Kier alpha value is 1.00. The van der Waals surface area contributed by atoms with Gasteiger partial charge >= 0.3 is 71.0 Å². The van der Waals surface area contributed by atoms with Gasteiger partial charge in [-0.2, -0.15) is 0 Å². The molecule has 0 aromatic rings. The van der Waals surface area contributed by atoms with E-state index in [-0.39, 0.29) is 52.6 Å². The minimum absolute atomic E-state index is 0. The van der Waals surface area contributed by atoms with Crippen LogP contribution >= 0.6 is 0 Å². The molecule has 0 bridgehead atoms. The molecule has 0 saturated carbocycles. The molecule has 0 fully saturated rings. The van der Waals surface area contributed by atoms with E-state index in [1.54, 1.807) is 0 Å². The molecule has 0 heterocycles. The summed E-state index contributed by atoms with van der Waals surface area (Å²) in [5.41, 5.74) is 0. The average Bonchev–Trinajstić information content (AvgIpc) is 1.25. The molecule has 0 aromatic carbocycles. The van der Waals surface area contributed by atoms with Gasteiger partial charge in [0.25, 0.3) is 0 Å². The third-order valence-corrected chi connectivity index (χ3v) is 0. The van der Waals surface area contributed by atoms with Crippen molar-refractivity contribution in [2.45, 2.75) is 0 Å². The van der Waals surface area contributed by atoms with Crippen molar-refractivity contribution in [3.63, 3.8) is 0 Å². The van der Waals surface area contributed by atoms with E-state index >= 15 is 0 Å². The van der Waals surface area contributed by atoms with E-state index < -0.39 is 18.3 Å². The molecule has 0 rings (SSSR count). The normalized spacial score (nSPS) is 4.80. The Morgan fingerprint density at radius 2 is 0.800 bits per heavy atom. The third-order valence-electron chi connectivity index (χ3n) is 0. The van der Waals surface area contributed by atoms with Crippen molar-refractivity contribution in [1.82, 2.24) is 0 Å². The quantitative estimate of drug-likeness (QED) is 0.296. The van der Waals surface area contributed by atoms with Crippen LogP contribution < -0.4 is 0 Å². The van der Waals surface area contributed by atoms with Gasteiger partial charge in [0.2, 0.25) is 0 Å². The summed E-state index contributed by atoms with van der Waals surface area (Å²) in [6.45, 7) is 0. The van der Waals surface area contributed by atoms with Gasteiger partial charge in [-0.25, -0.2) is 0 Å². The van der Waals surface area contributed by atoms with Crippen LogP contribution in [0.4, 0.5) is 0 Å². The second kappa shape index (κ2) is 16.5. The fraction of sp³-hybridized carbons (Fsp3) is 0. The Kier molecular flexibility index (Phi) is 37.1. The molecule has 0 spiro atoms. The molecule has 0 aliphatic heterocycles. The first-order valence-electron chi connectivity index (χ1n) is 1.30. The SMILES string of the molecule is O=[Si](O)O.O=[Si](O)O.[MgH2].[NaH]. The predicted octanol–water partition coefficient (Wildman–Crippen LogP) is -4.79. The maximum absolute atomic E-state index is 8.74. The van der Waals surface area contributed by atoms with Crippen molar-refractivity contribution >= 4 is 71.0 Å². The molecule has 0 amide bonds. The third kappa shape index (κ3) is 576. The van der Waals surface area contributed by atoms with Crippen LogP contribution in [0.1, 0.15) is 0 Å². The van der Waals surface area contributed by atoms with Gasteiger partial charge in [-0.05, 0) is 0 Å². The van der Waals surface area contributed by atoms with Crippen molar-refractivity contribution in [2.24, 2.45) is 0 Å². The van der Waals surface area contributed by atoms with Crippen molar-refractivity contribution in [3.05, 3.63) is 0 Å². The Morgan fingerprint density at radius 3 is 0.800 bits per heavy atom. The van der Waals surface area contributed by atoms with Gasteiger partial charge in [0.1, 0.15) is 0 Å². The molecule has 0 aromatic heterocycles. The molecule has 0 saturated heterocycles. The van der Waals surface area contributed by atoms with Crippen LogP contribution in [0.3, 0.4) is 0 Å². The molecule has 4 N–H and O–H groups in total. The van der Waals surface area contributed by atoms with Crippen LogP contribution in [0.25, 0.3) is 0 Å². The first-order valence-corrected chi connectivity index (χ1v) is 3.91. The fourth-order valence-electron chi connectivity index (χ4n) is 0. The first kappa shape index (κ1) is 22.4. The zero-order chi connectivity index (χ0) is 7.15. The molecule has 10 heteroatoms. The molecule has 54 valence electrons. The van der Waals surface area contributed by atoms with Gasteiger partial charge in [0, 0.05) is 0 Å². The summed E-state index contributed by atoms with van der Waals surface area (Å²) in [4.78, 5) is 28.6. The van der Waals surface area contributed by atoms with E-state index in [0.717, 1.165) is 0 Å². The van der Waals surface area contributed by atoms with Crippen LogP contribution in [-0.2, 0) is 8.92 Å². The summed E-state index contributed by atoms with van der Waals surface area (Å²) >= 11 is 0. The van der Waals surface area contributed by atoms with Gasteiger partial charge in [-0.15, -0.1) is 0 Å². The molecule has 0 atom stereocenters. The number of rotatable bonds is 0. The van der Waals surface area contributed by atoms with E-state index in [9.17, 15) is 0 Å². The zero-order valence-electron chi connectivity index (χ0n) is 3.61. The summed E-state index contributed by atoms with van der Waals surface area (Å²) in [7, 11) is -6.26. The summed E-state index contributed by atoms with van der Waals surface area (Å²) < 4.78 is 17.5. The minimum atomic E-state index is -3.13. The van der Waals surface area contributed by atoms with E-state index in [0.29, 0.717) is 0 Å². The Labute approximate surface area is 98.1 Å². The summed E-state index contributed by atoms with van der Waals surface area (Å²) in [6.07, 6.45) is 0. The van der Waals surface area contributed by atoms with Gasteiger partial charge in [-0.3, -0.25) is 8.92 Å². The van der Waals surface area contributed by atoms with Crippen molar-refractivity contribution in [3.8, 4) is 0 Å². The maximum atomic E-state index is 8.74. The van der Waals surface area contributed by atoms with E-state index in [1.807, 2.05) is 0 Å². The average molecular weight is 207 g/mol. The molecule has 6 nitrogen and oxygen atoms in total. The van der Waals surface area contributed by atoms with Gasteiger partial charge in [0.15, 0.2) is 0 Å². The monoisotopic (exact) mass is 206 g/mol. The summed E-state index contributed by atoms with van der Waals surface area (Å²) in [5, 5.41) is 0. The molecule has 0 aliphatic rings. The van der Waals surface area contributed by atoms with Gasteiger partial charge in [-0.1, -0.05) is 0 Å². The van der Waals surface area contributed by atoms with Crippen LogP contribution in [0, 0.1) is 0 Å². The van der Waals surface area contributed by atoms with E-state index in [1.165, 1.54) is 0 Å². The van der Waals surface area contributed by atoms with Crippen LogP contribution in [-0.4, -0.2) is 90.1 Å². The van der Waals surface area contributed by atoms with Crippen LogP contribution in [0.15, 0.2) is 0 Å². The number of hydrogen-bond acceptors (Lipinski definition) is 2. The summed E-state index contributed by atoms with van der Waals surface area (Å²) in [6, 6.07) is 0. The van der Waals surface area contributed by atoms with Crippen LogP contribution in [0.2, 0.25) is 0 Å². The molecule has 0 aliphatic carbocycles. The van der Waals surface area contributed by atoms with Crippen LogP contribution in [0.5, 0.6) is 0 Å². The Balaban J connectivity index is -0.0000000300. The second-order valence-corrected chi connectivity index (χ2v) is 1.70. The van der Waals surface area contributed by atoms with E-state index in [2.05, 4.69) is 0 Å². The van der Waals surface area contributed by atoms with Gasteiger partial charge < -0.3 is 19.2 Å². The number of hydrogen-bond donors (Lipinski definition) is 4. The molecule has 0 unspecified atom stereocenters. The predicted molar refractivity (Wildman–Crippen MR) is 37.4 cm³/mol. The second-order valence-electron chi connectivity index (χ2n) is 0.565. The molecular weight excluding hydrogens is 199 g/mol. The Morgan fingerprint density at radius 1 is 0.800 bits per heavy atom. The van der Waals surface area contributed by atoms with Crippen molar-refractivity contribution in [2.75, 3.05) is 0 Å².